The SMILES string of the molecule is CCOC(=O)c1ccc(Br)c(CCC=O)c1. The molecule has 0 amide bonds. The number of aryl methyl sites for hydroxylation is 1. The van der Waals surface area contributed by atoms with Gasteiger partial charge in [0.15, 0.2) is 0 Å². The molecule has 0 atom stereocenters. The molecule has 1 aromatic rings. The Hall–Kier alpha value is -1.16. The lowest BCUT2D eigenvalue weighted by atomic mass is 10.1. The summed E-state index contributed by atoms with van der Waals surface area (Å²) in [5.74, 6) is -0.331. The number of carbonyl (C=O) groups excluding carboxylic acids is 2. The molecule has 0 aliphatic carbocycles. The molecule has 4 heteroatoms. The number of halogens is 1. The van der Waals surface area contributed by atoms with Crippen molar-refractivity contribution >= 4 is 28.2 Å². The van der Waals surface area contributed by atoms with Crippen LogP contribution < -0.4 is 0 Å². The first-order valence-corrected chi connectivity index (χ1v) is 5.87. The maximum absolute atomic E-state index is 11.5. The molecule has 0 radical (unpaired) electrons. The number of hydrogen-bond donors (Lipinski definition) is 0. The monoisotopic (exact) mass is 284 g/mol. The topological polar surface area (TPSA) is 43.4 Å². The maximum Gasteiger partial charge on any atom is 0.338 e. The van der Waals surface area contributed by atoms with Crippen molar-refractivity contribution in [2.75, 3.05) is 6.61 Å². The average Bonchev–Trinajstić information content (AvgIpc) is 2.28. The van der Waals surface area contributed by atoms with E-state index in [2.05, 4.69) is 15.9 Å². The van der Waals surface area contributed by atoms with Crippen LogP contribution in [0, 0.1) is 0 Å². The quantitative estimate of drug-likeness (QED) is 0.617. The van der Waals surface area contributed by atoms with E-state index in [0.717, 1.165) is 16.3 Å². The van der Waals surface area contributed by atoms with E-state index in [1.807, 2.05) is 0 Å². The Balaban J connectivity index is 2.88. The predicted molar refractivity (Wildman–Crippen MR) is 64.5 cm³/mol. The molecule has 0 unspecified atom stereocenters. The molecule has 0 saturated heterocycles. The number of esters is 1. The van der Waals surface area contributed by atoms with Crippen molar-refractivity contribution in [1.29, 1.82) is 0 Å². The number of benzene rings is 1. The third kappa shape index (κ3) is 3.45. The first kappa shape index (κ1) is 12.9. The first-order valence-electron chi connectivity index (χ1n) is 5.08. The molecule has 0 N–H and O–H groups in total. The van der Waals surface area contributed by atoms with E-state index in [-0.39, 0.29) is 5.97 Å². The number of ether oxygens (including phenoxy) is 1. The van der Waals surface area contributed by atoms with Gasteiger partial charge in [-0.2, -0.15) is 0 Å². The van der Waals surface area contributed by atoms with E-state index < -0.39 is 0 Å². The molecule has 0 spiro atoms. The molecule has 0 saturated carbocycles. The van der Waals surface area contributed by atoms with E-state index >= 15 is 0 Å². The summed E-state index contributed by atoms with van der Waals surface area (Å²) in [6.07, 6.45) is 1.94. The van der Waals surface area contributed by atoms with Gasteiger partial charge in [-0.05, 0) is 37.1 Å². The fourth-order valence-electron chi connectivity index (χ4n) is 1.32. The molecule has 16 heavy (non-hydrogen) atoms. The van der Waals surface area contributed by atoms with E-state index in [1.165, 1.54) is 0 Å². The fourth-order valence-corrected chi connectivity index (χ4v) is 1.77. The van der Waals surface area contributed by atoms with Crippen LogP contribution in [0.25, 0.3) is 0 Å². The molecule has 86 valence electrons. The lowest BCUT2D eigenvalue weighted by Crippen LogP contribution is -2.05. The molecule has 0 fully saturated rings. The third-order valence-corrected chi connectivity index (χ3v) is 2.86. The second-order valence-electron chi connectivity index (χ2n) is 3.23. The van der Waals surface area contributed by atoms with Gasteiger partial charge in [0.1, 0.15) is 6.29 Å². The Morgan fingerprint density at radius 2 is 2.25 bits per heavy atom. The molecular weight excluding hydrogens is 272 g/mol. The second kappa shape index (κ2) is 6.43. The fraction of sp³-hybridized carbons (Fsp3) is 0.333. The van der Waals surface area contributed by atoms with Crippen molar-refractivity contribution in [2.24, 2.45) is 0 Å². The summed E-state index contributed by atoms with van der Waals surface area (Å²) in [5.41, 5.74) is 1.46. The van der Waals surface area contributed by atoms with Gasteiger partial charge in [0.05, 0.1) is 12.2 Å². The molecule has 1 rings (SSSR count). The summed E-state index contributed by atoms with van der Waals surface area (Å²) in [7, 11) is 0. The largest absolute Gasteiger partial charge is 0.462 e. The van der Waals surface area contributed by atoms with Crippen molar-refractivity contribution in [3.05, 3.63) is 33.8 Å². The Morgan fingerprint density at radius 3 is 2.88 bits per heavy atom. The zero-order chi connectivity index (χ0) is 12.0. The van der Waals surface area contributed by atoms with Gasteiger partial charge in [-0.15, -0.1) is 0 Å². The van der Waals surface area contributed by atoms with Crippen LogP contribution in [0.1, 0.15) is 29.3 Å². The smallest absolute Gasteiger partial charge is 0.338 e. The maximum atomic E-state index is 11.5. The Bertz CT molecular complexity index is 388. The first-order chi connectivity index (χ1) is 7.69. The minimum absolute atomic E-state index is 0.331. The van der Waals surface area contributed by atoms with Crippen LogP contribution in [-0.4, -0.2) is 18.9 Å². The Labute approximate surface area is 103 Å². The molecule has 0 aliphatic heterocycles. The summed E-state index contributed by atoms with van der Waals surface area (Å²) in [4.78, 5) is 21.8. The normalized spacial score (nSPS) is 9.88. The standard InChI is InChI=1S/C12H13BrO3/c1-2-16-12(15)10-5-6-11(13)9(8-10)4-3-7-14/h5-8H,2-4H2,1H3. The van der Waals surface area contributed by atoms with Crippen molar-refractivity contribution in [1.82, 2.24) is 0 Å². The Morgan fingerprint density at radius 1 is 1.50 bits per heavy atom. The second-order valence-corrected chi connectivity index (χ2v) is 4.09. The number of carbonyl (C=O) groups is 2. The summed E-state index contributed by atoms with van der Waals surface area (Å²) in [6, 6.07) is 5.25. The zero-order valence-corrected chi connectivity index (χ0v) is 10.6. The number of aldehydes is 1. The molecule has 0 heterocycles. The highest BCUT2D eigenvalue weighted by Crippen LogP contribution is 2.20. The van der Waals surface area contributed by atoms with Gasteiger partial charge >= 0.3 is 5.97 Å². The van der Waals surface area contributed by atoms with Crippen LogP contribution in [0.3, 0.4) is 0 Å². The van der Waals surface area contributed by atoms with E-state index in [1.54, 1.807) is 25.1 Å². The summed E-state index contributed by atoms with van der Waals surface area (Å²) < 4.78 is 5.81. The van der Waals surface area contributed by atoms with Crippen LogP contribution in [0.4, 0.5) is 0 Å². The molecule has 3 nitrogen and oxygen atoms in total. The van der Waals surface area contributed by atoms with Gasteiger partial charge in [-0.3, -0.25) is 0 Å². The third-order valence-electron chi connectivity index (χ3n) is 2.09. The van der Waals surface area contributed by atoms with Gasteiger partial charge < -0.3 is 9.53 Å². The minimum Gasteiger partial charge on any atom is -0.462 e. The number of hydrogen-bond acceptors (Lipinski definition) is 3. The van der Waals surface area contributed by atoms with Crippen molar-refractivity contribution in [3.63, 3.8) is 0 Å². The highest BCUT2D eigenvalue weighted by Gasteiger charge is 2.09. The summed E-state index contributed by atoms with van der Waals surface area (Å²) in [6.45, 7) is 2.13. The van der Waals surface area contributed by atoms with Gasteiger partial charge in [0.2, 0.25) is 0 Å². The molecule has 0 aromatic heterocycles. The van der Waals surface area contributed by atoms with E-state index in [4.69, 9.17) is 4.74 Å². The predicted octanol–water partition coefficient (Wildman–Crippen LogP) is 2.76. The minimum atomic E-state index is -0.331. The molecule has 1 aromatic carbocycles. The molecule has 0 aliphatic rings. The van der Waals surface area contributed by atoms with Crippen LogP contribution in [0.2, 0.25) is 0 Å². The van der Waals surface area contributed by atoms with E-state index in [0.29, 0.717) is 25.0 Å². The zero-order valence-electron chi connectivity index (χ0n) is 9.03. The van der Waals surface area contributed by atoms with Crippen LogP contribution >= 0.6 is 15.9 Å². The average molecular weight is 285 g/mol. The van der Waals surface area contributed by atoms with Gasteiger partial charge in [-0.1, -0.05) is 15.9 Å². The Kier molecular flexibility index (Phi) is 5.19. The van der Waals surface area contributed by atoms with Gasteiger partial charge in [0.25, 0.3) is 0 Å². The highest BCUT2D eigenvalue weighted by atomic mass is 79.9. The van der Waals surface area contributed by atoms with Crippen LogP contribution in [-0.2, 0) is 16.0 Å². The molecular formula is C12H13BrO3. The highest BCUT2D eigenvalue weighted by molar-refractivity contribution is 9.10. The van der Waals surface area contributed by atoms with Gasteiger partial charge in [0, 0.05) is 10.9 Å². The van der Waals surface area contributed by atoms with Crippen molar-refractivity contribution < 1.29 is 14.3 Å². The number of rotatable bonds is 5. The van der Waals surface area contributed by atoms with E-state index in [9.17, 15) is 9.59 Å². The van der Waals surface area contributed by atoms with Gasteiger partial charge in [-0.25, -0.2) is 4.79 Å². The summed E-state index contributed by atoms with van der Waals surface area (Å²) in [5, 5.41) is 0. The van der Waals surface area contributed by atoms with Crippen molar-refractivity contribution in [2.45, 2.75) is 19.8 Å². The lowest BCUT2D eigenvalue weighted by Gasteiger charge is -2.06. The van der Waals surface area contributed by atoms with Crippen molar-refractivity contribution in [3.8, 4) is 0 Å². The summed E-state index contributed by atoms with van der Waals surface area (Å²) >= 11 is 3.38. The van der Waals surface area contributed by atoms with Crippen LogP contribution in [0.5, 0.6) is 0 Å². The lowest BCUT2D eigenvalue weighted by molar-refractivity contribution is -0.107. The van der Waals surface area contributed by atoms with Crippen LogP contribution in [0.15, 0.2) is 22.7 Å². The molecule has 0 bridgehead atoms.